The van der Waals surface area contributed by atoms with Crippen molar-refractivity contribution in [3.05, 3.63) is 46.3 Å². The van der Waals surface area contributed by atoms with Gasteiger partial charge in [-0.05, 0) is 17.7 Å². The maximum Gasteiger partial charge on any atom is 0.192 e. The standard InChI is InChI=1S/C12H11ClO4/c13-6-10(15)12(16)7-1-2-11-8(5-7)9(14)3-4-17-11/h1-5,10,12,15-16H,6H2. The Hall–Kier alpha value is -1.36. The zero-order chi connectivity index (χ0) is 12.4. The van der Waals surface area contributed by atoms with Gasteiger partial charge < -0.3 is 14.6 Å². The molecule has 90 valence electrons. The summed E-state index contributed by atoms with van der Waals surface area (Å²) in [6.45, 7) is 0. The van der Waals surface area contributed by atoms with Crippen LogP contribution < -0.4 is 5.43 Å². The van der Waals surface area contributed by atoms with Crippen LogP contribution in [0, 0.1) is 0 Å². The number of alkyl halides is 1. The fourth-order valence-electron chi connectivity index (χ4n) is 1.59. The van der Waals surface area contributed by atoms with Crippen LogP contribution in [0.4, 0.5) is 0 Å². The van der Waals surface area contributed by atoms with E-state index in [1.54, 1.807) is 12.1 Å². The van der Waals surface area contributed by atoms with Crippen molar-refractivity contribution in [1.82, 2.24) is 0 Å². The molecular formula is C12H11ClO4. The minimum Gasteiger partial charge on any atom is -0.464 e. The average Bonchev–Trinajstić information content (AvgIpc) is 2.37. The smallest absolute Gasteiger partial charge is 0.192 e. The molecule has 2 unspecified atom stereocenters. The highest BCUT2D eigenvalue weighted by atomic mass is 35.5. The number of aliphatic hydroxyl groups is 2. The predicted octanol–water partition coefficient (Wildman–Crippen LogP) is 1.43. The topological polar surface area (TPSA) is 70.7 Å². The summed E-state index contributed by atoms with van der Waals surface area (Å²) in [7, 11) is 0. The first-order valence-corrected chi connectivity index (χ1v) is 5.60. The van der Waals surface area contributed by atoms with Crippen molar-refractivity contribution >= 4 is 22.6 Å². The molecule has 0 aliphatic carbocycles. The van der Waals surface area contributed by atoms with Gasteiger partial charge in [-0.25, -0.2) is 0 Å². The number of benzene rings is 1. The predicted molar refractivity (Wildman–Crippen MR) is 64.2 cm³/mol. The molecule has 0 saturated carbocycles. The fraction of sp³-hybridized carbons (Fsp3) is 0.250. The Kier molecular flexibility index (Phi) is 3.47. The molecule has 0 aliphatic rings. The second-order valence-electron chi connectivity index (χ2n) is 3.71. The third-order valence-electron chi connectivity index (χ3n) is 2.55. The Morgan fingerprint density at radius 3 is 2.76 bits per heavy atom. The number of hydrogen-bond donors (Lipinski definition) is 2. The second kappa shape index (κ2) is 4.87. The van der Waals surface area contributed by atoms with E-state index in [1.165, 1.54) is 18.4 Å². The first-order valence-electron chi connectivity index (χ1n) is 5.07. The quantitative estimate of drug-likeness (QED) is 0.813. The molecule has 2 rings (SSSR count). The van der Waals surface area contributed by atoms with Crippen LogP contribution in [0.3, 0.4) is 0 Å². The van der Waals surface area contributed by atoms with Gasteiger partial charge in [0.1, 0.15) is 11.7 Å². The van der Waals surface area contributed by atoms with Crippen LogP contribution in [0.5, 0.6) is 0 Å². The summed E-state index contributed by atoms with van der Waals surface area (Å²) in [6, 6.07) is 5.97. The van der Waals surface area contributed by atoms with Gasteiger partial charge in [-0.2, -0.15) is 0 Å². The van der Waals surface area contributed by atoms with E-state index in [2.05, 4.69) is 0 Å². The van der Waals surface area contributed by atoms with Crippen molar-refractivity contribution < 1.29 is 14.6 Å². The number of fused-ring (bicyclic) bond motifs is 1. The lowest BCUT2D eigenvalue weighted by molar-refractivity contribution is 0.0328. The third kappa shape index (κ3) is 2.34. The maximum atomic E-state index is 11.6. The number of hydrogen-bond acceptors (Lipinski definition) is 4. The van der Waals surface area contributed by atoms with Crippen LogP contribution in [0.1, 0.15) is 11.7 Å². The molecule has 2 atom stereocenters. The zero-order valence-electron chi connectivity index (χ0n) is 8.84. The lowest BCUT2D eigenvalue weighted by Crippen LogP contribution is -2.19. The normalized spacial score (nSPS) is 14.8. The maximum absolute atomic E-state index is 11.6. The minimum atomic E-state index is -1.11. The number of halogens is 1. The average molecular weight is 255 g/mol. The Balaban J connectivity index is 2.51. The molecule has 0 spiro atoms. The van der Waals surface area contributed by atoms with Crippen molar-refractivity contribution in [3.63, 3.8) is 0 Å². The molecule has 0 radical (unpaired) electrons. The summed E-state index contributed by atoms with van der Waals surface area (Å²) in [4.78, 5) is 11.6. The summed E-state index contributed by atoms with van der Waals surface area (Å²) in [6.07, 6.45) is -0.865. The number of rotatable bonds is 3. The molecule has 1 aromatic carbocycles. The van der Waals surface area contributed by atoms with Gasteiger partial charge in [0.2, 0.25) is 0 Å². The lowest BCUT2D eigenvalue weighted by Gasteiger charge is -2.15. The molecule has 1 aromatic heterocycles. The van der Waals surface area contributed by atoms with Gasteiger partial charge in [-0.15, -0.1) is 11.6 Å². The molecule has 17 heavy (non-hydrogen) atoms. The fourth-order valence-corrected chi connectivity index (χ4v) is 1.76. The van der Waals surface area contributed by atoms with Gasteiger partial charge in [-0.1, -0.05) is 6.07 Å². The van der Waals surface area contributed by atoms with Crippen molar-refractivity contribution in [2.45, 2.75) is 12.2 Å². The van der Waals surface area contributed by atoms with E-state index in [-0.39, 0.29) is 11.3 Å². The van der Waals surface area contributed by atoms with E-state index in [0.717, 1.165) is 0 Å². The van der Waals surface area contributed by atoms with Crippen LogP contribution >= 0.6 is 11.6 Å². The van der Waals surface area contributed by atoms with E-state index in [1.807, 2.05) is 0 Å². The van der Waals surface area contributed by atoms with Gasteiger partial charge in [-0.3, -0.25) is 4.79 Å². The van der Waals surface area contributed by atoms with Crippen molar-refractivity contribution in [2.75, 3.05) is 5.88 Å². The van der Waals surface area contributed by atoms with Crippen molar-refractivity contribution in [1.29, 1.82) is 0 Å². The molecule has 5 heteroatoms. The van der Waals surface area contributed by atoms with Crippen LogP contribution in [0.15, 0.2) is 39.7 Å². The van der Waals surface area contributed by atoms with Gasteiger partial charge in [0, 0.05) is 6.07 Å². The molecule has 0 bridgehead atoms. The van der Waals surface area contributed by atoms with E-state index in [0.29, 0.717) is 16.5 Å². The molecule has 0 aliphatic heterocycles. The van der Waals surface area contributed by atoms with E-state index >= 15 is 0 Å². The zero-order valence-corrected chi connectivity index (χ0v) is 9.59. The van der Waals surface area contributed by atoms with Crippen LogP contribution in [0.2, 0.25) is 0 Å². The van der Waals surface area contributed by atoms with E-state index in [4.69, 9.17) is 16.0 Å². The molecule has 4 nitrogen and oxygen atoms in total. The summed E-state index contributed by atoms with van der Waals surface area (Å²) in [5.74, 6) is -0.0808. The largest absolute Gasteiger partial charge is 0.464 e. The summed E-state index contributed by atoms with van der Waals surface area (Å²) in [5, 5.41) is 19.6. The Morgan fingerprint density at radius 2 is 2.06 bits per heavy atom. The summed E-state index contributed by atoms with van der Waals surface area (Å²) in [5.41, 5.74) is 0.679. The molecular weight excluding hydrogens is 244 g/mol. The molecule has 1 heterocycles. The molecule has 0 saturated heterocycles. The highest BCUT2D eigenvalue weighted by Crippen LogP contribution is 2.21. The van der Waals surface area contributed by atoms with Crippen molar-refractivity contribution in [2.24, 2.45) is 0 Å². The number of aliphatic hydroxyl groups excluding tert-OH is 2. The Labute approximate surface area is 102 Å². The van der Waals surface area contributed by atoms with Gasteiger partial charge in [0.05, 0.1) is 23.6 Å². The van der Waals surface area contributed by atoms with Gasteiger partial charge in [0.25, 0.3) is 0 Å². The Bertz CT molecular complexity index is 578. The summed E-state index contributed by atoms with van der Waals surface area (Å²) < 4.78 is 5.14. The van der Waals surface area contributed by atoms with Crippen LogP contribution in [0.25, 0.3) is 11.0 Å². The first kappa shape index (κ1) is 12.1. The highest BCUT2D eigenvalue weighted by Gasteiger charge is 2.18. The summed E-state index contributed by atoms with van der Waals surface area (Å²) >= 11 is 5.46. The van der Waals surface area contributed by atoms with E-state index in [9.17, 15) is 15.0 Å². The molecule has 0 amide bonds. The molecule has 0 fully saturated rings. The SMILES string of the molecule is O=c1ccoc2ccc(C(O)C(O)CCl)cc12. The first-order chi connectivity index (χ1) is 8.13. The second-order valence-corrected chi connectivity index (χ2v) is 4.02. The van der Waals surface area contributed by atoms with Gasteiger partial charge >= 0.3 is 0 Å². The van der Waals surface area contributed by atoms with Crippen LogP contribution in [-0.4, -0.2) is 22.2 Å². The Morgan fingerprint density at radius 1 is 1.29 bits per heavy atom. The van der Waals surface area contributed by atoms with Crippen molar-refractivity contribution in [3.8, 4) is 0 Å². The molecule has 2 N–H and O–H groups in total. The van der Waals surface area contributed by atoms with Crippen LogP contribution in [-0.2, 0) is 0 Å². The minimum absolute atomic E-state index is 0.0808. The lowest BCUT2D eigenvalue weighted by atomic mass is 10.0. The molecule has 2 aromatic rings. The highest BCUT2D eigenvalue weighted by molar-refractivity contribution is 6.18. The monoisotopic (exact) mass is 254 g/mol. The van der Waals surface area contributed by atoms with E-state index < -0.39 is 12.2 Å². The third-order valence-corrected chi connectivity index (χ3v) is 2.86. The van der Waals surface area contributed by atoms with Gasteiger partial charge in [0.15, 0.2) is 5.43 Å².